The van der Waals surface area contributed by atoms with Crippen molar-refractivity contribution in [2.24, 2.45) is 19.8 Å². The molecule has 1 aromatic carbocycles. The smallest absolute Gasteiger partial charge is 0.248 e. The molecular formula is C32H32N12O. The molecule has 0 saturated heterocycles. The fourth-order valence-corrected chi connectivity index (χ4v) is 5.55. The summed E-state index contributed by atoms with van der Waals surface area (Å²) in [6, 6.07) is 7.48. The monoisotopic (exact) mass is 600 g/mol. The van der Waals surface area contributed by atoms with Crippen molar-refractivity contribution in [1.82, 2.24) is 53.4 Å². The molecule has 0 aliphatic carbocycles. The van der Waals surface area contributed by atoms with Gasteiger partial charge in [0.15, 0.2) is 5.65 Å². The number of carbonyl (C=O) groups is 1. The fourth-order valence-electron chi connectivity index (χ4n) is 5.55. The average Bonchev–Trinajstić information content (AvgIpc) is 3.85. The normalized spacial score (nSPS) is 11.7. The van der Waals surface area contributed by atoms with Crippen molar-refractivity contribution in [2.45, 2.75) is 33.1 Å². The van der Waals surface area contributed by atoms with E-state index in [-0.39, 0.29) is 5.92 Å². The van der Waals surface area contributed by atoms with Crippen molar-refractivity contribution in [1.29, 1.82) is 0 Å². The summed E-state index contributed by atoms with van der Waals surface area (Å²) < 4.78 is 9.28. The first kappa shape index (κ1) is 28.0. The van der Waals surface area contributed by atoms with Crippen LogP contribution in [0.3, 0.4) is 0 Å². The van der Waals surface area contributed by atoms with Gasteiger partial charge in [0.25, 0.3) is 0 Å². The van der Waals surface area contributed by atoms with Crippen molar-refractivity contribution in [3.8, 4) is 39.7 Å². The van der Waals surface area contributed by atoms with E-state index >= 15 is 0 Å². The highest BCUT2D eigenvalue weighted by atomic mass is 16.1. The van der Waals surface area contributed by atoms with Crippen molar-refractivity contribution < 1.29 is 4.79 Å². The van der Waals surface area contributed by atoms with E-state index in [9.17, 15) is 4.79 Å². The molecule has 226 valence electrons. The van der Waals surface area contributed by atoms with Crippen molar-refractivity contribution in [3.63, 3.8) is 0 Å². The van der Waals surface area contributed by atoms with Crippen molar-refractivity contribution in [3.05, 3.63) is 90.9 Å². The third-order valence-corrected chi connectivity index (χ3v) is 7.86. The van der Waals surface area contributed by atoms with Gasteiger partial charge in [-0.1, -0.05) is 20.8 Å². The van der Waals surface area contributed by atoms with Crippen LogP contribution in [0.15, 0.2) is 74.1 Å². The summed E-state index contributed by atoms with van der Waals surface area (Å²) in [6.07, 6.45) is 15.6. The number of imidazole rings is 2. The zero-order chi connectivity index (χ0) is 31.4. The molecule has 7 rings (SSSR count). The van der Waals surface area contributed by atoms with E-state index in [1.54, 1.807) is 40.5 Å². The maximum Gasteiger partial charge on any atom is 0.248 e. The number of rotatable bonds is 8. The number of aryl methyl sites for hydroxylation is 3. The number of primary amides is 1. The molecule has 0 aliphatic rings. The van der Waals surface area contributed by atoms with Gasteiger partial charge in [-0.15, -0.1) is 0 Å². The summed E-state index contributed by atoms with van der Waals surface area (Å²) in [5, 5.41) is 14.6. The number of pyridine rings is 1. The second kappa shape index (κ2) is 10.7. The Balaban J connectivity index is 1.49. The van der Waals surface area contributed by atoms with Gasteiger partial charge in [0.1, 0.15) is 12.1 Å². The maximum absolute atomic E-state index is 12.0. The number of hydrogen-bond acceptors (Lipinski definition) is 7. The highest BCUT2D eigenvalue weighted by molar-refractivity contribution is 5.94. The molecule has 45 heavy (non-hydrogen) atoms. The summed E-state index contributed by atoms with van der Waals surface area (Å²) in [5.41, 5.74) is 13.7. The van der Waals surface area contributed by atoms with Crippen LogP contribution < -0.4 is 5.73 Å². The topological polar surface area (TPSA) is 145 Å². The van der Waals surface area contributed by atoms with Gasteiger partial charge in [-0.25, -0.2) is 19.6 Å². The first-order chi connectivity index (χ1) is 21.7. The van der Waals surface area contributed by atoms with Crippen LogP contribution in [0.5, 0.6) is 0 Å². The van der Waals surface area contributed by atoms with E-state index in [4.69, 9.17) is 20.8 Å². The van der Waals surface area contributed by atoms with Crippen molar-refractivity contribution in [2.75, 3.05) is 0 Å². The lowest BCUT2D eigenvalue weighted by molar-refractivity contribution is 0.1000. The molecule has 13 heteroatoms. The summed E-state index contributed by atoms with van der Waals surface area (Å²) in [7, 11) is 3.76. The minimum Gasteiger partial charge on any atom is -0.366 e. The lowest BCUT2D eigenvalue weighted by atomic mass is 10.1. The van der Waals surface area contributed by atoms with E-state index in [2.05, 4.69) is 29.0 Å². The van der Waals surface area contributed by atoms with Gasteiger partial charge in [0.2, 0.25) is 5.91 Å². The van der Waals surface area contributed by atoms with Crippen LogP contribution in [0.4, 0.5) is 0 Å². The molecular weight excluding hydrogens is 568 g/mol. The lowest BCUT2D eigenvalue weighted by Gasteiger charge is -2.12. The molecule has 2 N–H and O–H groups in total. The van der Waals surface area contributed by atoms with Gasteiger partial charge in [0, 0.05) is 61.6 Å². The minimum absolute atomic E-state index is 0.0851. The highest BCUT2D eigenvalue weighted by Crippen LogP contribution is 2.34. The predicted octanol–water partition coefficient (Wildman–Crippen LogP) is 4.38. The molecule has 0 saturated carbocycles. The zero-order valence-electron chi connectivity index (χ0n) is 25.6. The van der Waals surface area contributed by atoms with Crippen LogP contribution in [-0.2, 0) is 20.5 Å². The second-order valence-corrected chi connectivity index (χ2v) is 11.3. The van der Waals surface area contributed by atoms with Crippen LogP contribution in [-0.4, -0.2) is 59.3 Å². The maximum atomic E-state index is 12.0. The third kappa shape index (κ3) is 4.87. The Morgan fingerprint density at radius 3 is 2.09 bits per heavy atom. The van der Waals surface area contributed by atoms with E-state index in [0.717, 1.165) is 50.5 Å². The number of nitrogens with two attached hydrogens (primary N) is 1. The molecule has 0 unspecified atom stereocenters. The van der Waals surface area contributed by atoms with Crippen LogP contribution in [0.25, 0.3) is 50.7 Å². The number of fused-ring (bicyclic) bond motifs is 1. The Hall–Kier alpha value is -5.85. The van der Waals surface area contributed by atoms with Gasteiger partial charge in [-0.05, 0) is 36.1 Å². The number of carbonyl (C=O) groups excluding carboxylic acids is 1. The molecule has 13 nitrogen and oxygen atoms in total. The largest absolute Gasteiger partial charge is 0.366 e. The highest BCUT2D eigenvalue weighted by Gasteiger charge is 2.24. The number of hydrogen-bond donors (Lipinski definition) is 1. The summed E-state index contributed by atoms with van der Waals surface area (Å²) in [5.74, 6) is 0.267. The third-order valence-electron chi connectivity index (χ3n) is 7.86. The molecule has 6 aromatic heterocycles. The summed E-state index contributed by atoms with van der Waals surface area (Å²) >= 11 is 0. The molecule has 0 aliphatic heterocycles. The molecule has 0 bridgehead atoms. The molecule has 0 radical (unpaired) electrons. The standard InChI is InChI=1S/C32H32N12O/c1-6-20-9-21(31(33)45)7-8-26(20)44-32-29(30(39-44)19(2)3)27(42-15-24(34-17-42)22-11-36-40(4)13-22)10-28(38-32)43-16-25(35-18-43)23-12-37-41(5)14-23/h7-19H,6H2,1-5H3,(H2,33,45). The number of aromatic nitrogens is 11. The van der Waals surface area contributed by atoms with Crippen LogP contribution >= 0.6 is 0 Å². The minimum atomic E-state index is -0.471. The van der Waals surface area contributed by atoms with Gasteiger partial charge in [-0.3, -0.25) is 18.7 Å². The van der Waals surface area contributed by atoms with Gasteiger partial charge < -0.3 is 10.3 Å². The number of amides is 1. The molecule has 0 atom stereocenters. The Kier molecular flexibility index (Phi) is 6.65. The first-order valence-corrected chi connectivity index (χ1v) is 14.6. The summed E-state index contributed by atoms with van der Waals surface area (Å²) in [4.78, 5) is 26.5. The Bertz CT molecular complexity index is 2210. The van der Waals surface area contributed by atoms with E-state index in [1.807, 2.05) is 77.8 Å². The summed E-state index contributed by atoms with van der Waals surface area (Å²) in [6.45, 7) is 6.28. The van der Waals surface area contributed by atoms with E-state index in [0.29, 0.717) is 23.4 Å². The Morgan fingerprint density at radius 1 is 0.867 bits per heavy atom. The second-order valence-electron chi connectivity index (χ2n) is 11.3. The predicted molar refractivity (Wildman–Crippen MR) is 169 cm³/mol. The first-order valence-electron chi connectivity index (χ1n) is 14.6. The number of nitrogens with zero attached hydrogens (tertiary/aromatic N) is 11. The number of benzene rings is 1. The molecule has 0 spiro atoms. The van der Waals surface area contributed by atoms with Crippen molar-refractivity contribution >= 4 is 16.9 Å². The van der Waals surface area contributed by atoms with Gasteiger partial charge in [-0.2, -0.15) is 15.3 Å². The van der Waals surface area contributed by atoms with Crippen LogP contribution in [0.2, 0.25) is 0 Å². The molecule has 6 heterocycles. The van der Waals surface area contributed by atoms with Gasteiger partial charge >= 0.3 is 0 Å². The quantitative estimate of drug-likeness (QED) is 0.273. The Labute approximate surface area is 258 Å². The SMILES string of the molecule is CCc1cc(C(N)=O)ccc1-n1nc(C(C)C)c2c(-n3cnc(-c4cnn(C)c4)c3)cc(-n3cnc(-c4cnn(C)c4)c3)nc21. The van der Waals surface area contributed by atoms with Crippen LogP contribution in [0.1, 0.15) is 48.3 Å². The van der Waals surface area contributed by atoms with Crippen LogP contribution in [0, 0.1) is 0 Å². The Morgan fingerprint density at radius 2 is 1.51 bits per heavy atom. The fraction of sp³-hybridized carbons (Fsp3) is 0.219. The van der Waals surface area contributed by atoms with E-state index < -0.39 is 5.91 Å². The molecule has 1 amide bonds. The lowest BCUT2D eigenvalue weighted by Crippen LogP contribution is -2.12. The molecule has 7 aromatic rings. The zero-order valence-corrected chi connectivity index (χ0v) is 25.6. The van der Waals surface area contributed by atoms with Gasteiger partial charge in [0.05, 0.1) is 52.6 Å². The van der Waals surface area contributed by atoms with E-state index in [1.165, 1.54) is 0 Å². The average molecular weight is 601 g/mol. The molecule has 0 fully saturated rings.